The molecule has 1 aromatic rings. The minimum atomic E-state index is -0.0541. The minimum absolute atomic E-state index is 0.0541. The van der Waals surface area contributed by atoms with Crippen molar-refractivity contribution in [1.29, 1.82) is 0 Å². The van der Waals surface area contributed by atoms with E-state index in [4.69, 9.17) is 5.73 Å². The lowest BCUT2D eigenvalue weighted by Crippen LogP contribution is -2.49. The fourth-order valence-corrected chi connectivity index (χ4v) is 4.52. The highest BCUT2D eigenvalue weighted by Crippen LogP contribution is 2.47. The zero-order valence-corrected chi connectivity index (χ0v) is 12.0. The third-order valence-electron chi connectivity index (χ3n) is 5.55. The van der Waals surface area contributed by atoms with E-state index in [0.29, 0.717) is 5.92 Å². The molecule has 0 radical (unpaired) electrons. The Labute approximate surface area is 117 Å². The first-order chi connectivity index (χ1) is 9.31. The van der Waals surface area contributed by atoms with Crippen LogP contribution in [0.5, 0.6) is 0 Å². The fourth-order valence-electron chi connectivity index (χ4n) is 4.52. The summed E-state index contributed by atoms with van der Waals surface area (Å²) < 4.78 is 0. The SMILES string of the molecule is NC1(c2ccccc2)CCCCC1C1CCCCC1. The molecule has 2 atom stereocenters. The molecule has 1 aromatic carbocycles. The van der Waals surface area contributed by atoms with Crippen molar-refractivity contribution < 1.29 is 0 Å². The molecule has 2 unspecified atom stereocenters. The topological polar surface area (TPSA) is 26.0 Å². The molecule has 2 aliphatic carbocycles. The van der Waals surface area contributed by atoms with Crippen LogP contribution in [0.2, 0.25) is 0 Å². The fraction of sp³-hybridized carbons (Fsp3) is 0.667. The highest BCUT2D eigenvalue weighted by Gasteiger charge is 2.42. The molecule has 3 rings (SSSR count). The van der Waals surface area contributed by atoms with E-state index in [1.807, 2.05) is 0 Å². The van der Waals surface area contributed by atoms with Gasteiger partial charge in [0.25, 0.3) is 0 Å². The molecule has 0 bridgehead atoms. The molecule has 19 heavy (non-hydrogen) atoms. The van der Waals surface area contributed by atoms with Gasteiger partial charge in [0.2, 0.25) is 0 Å². The van der Waals surface area contributed by atoms with Crippen LogP contribution in [-0.4, -0.2) is 0 Å². The summed E-state index contributed by atoms with van der Waals surface area (Å²) in [4.78, 5) is 0. The maximum atomic E-state index is 6.96. The largest absolute Gasteiger partial charge is 0.321 e. The summed E-state index contributed by atoms with van der Waals surface area (Å²) in [5.41, 5.74) is 8.28. The molecule has 2 fully saturated rings. The summed E-state index contributed by atoms with van der Waals surface area (Å²) in [6.07, 6.45) is 12.3. The molecular weight excluding hydrogens is 230 g/mol. The molecule has 2 saturated carbocycles. The van der Waals surface area contributed by atoms with Crippen LogP contribution >= 0.6 is 0 Å². The molecular formula is C18H27N. The Kier molecular flexibility index (Phi) is 3.93. The molecule has 0 aromatic heterocycles. The number of hydrogen-bond donors (Lipinski definition) is 1. The Hall–Kier alpha value is -0.820. The van der Waals surface area contributed by atoms with E-state index in [-0.39, 0.29) is 5.54 Å². The van der Waals surface area contributed by atoms with Crippen molar-refractivity contribution in [1.82, 2.24) is 0 Å². The quantitative estimate of drug-likeness (QED) is 0.822. The summed E-state index contributed by atoms with van der Waals surface area (Å²) in [6.45, 7) is 0. The van der Waals surface area contributed by atoms with Crippen LogP contribution in [0, 0.1) is 11.8 Å². The van der Waals surface area contributed by atoms with Gasteiger partial charge >= 0.3 is 0 Å². The maximum Gasteiger partial charge on any atom is 0.0440 e. The molecule has 2 N–H and O–H groups in total. The first-order valence-electron chi connectivity index (χ1n) is 8.15. The average Bonchev–Trinajstić information content (AvgIpc) is 2.49. The van der Waals surface area contributed by atoms with Crippen LogP contribution in [0.15, 0.2) is 30.3 Å². The third kappa shape index (κ3) is 2.58. The number of hydrogen-bond acceptors (Lipinski definition) is 1. The maximum absolute atomic E-state index is 6.96. The van der Waals surface area contributed by atoms with E-state index >= 15 is 0 Å². The van der Waals surface area contributed by atoms with Crippen molar-refractivity contribution in [3.63, 3.8) is 0 Å². The molecule has 1 nitrogen and oxygen atoms in total. The first kappa shape index (κ1) is 13.2. The van der Waals surface area contributed by atoms with Gasteiger partial charge in [-0.1, -0.05) is 75.3 Å². The smallest absolute Gasteiger partial charge is 0.0440 e. The predicted octanol–water partition coefficient (Wildman–Crippen LogP) is 4.61. The van der Waals surface area contributed by atoms with Crippen LogP contribution in [0.1, 0.15) is 63.4 Å². The molecule has 0 aliphatic heterocycles. The van der Waals surface area contributed by atoms with Gasteiger partial charge in [-0.2, -0.15) is 0 Å². The lowest BCUT2D eigenvalue weighted by Gasteiger charge is -2.46. The van der Waals surface area contributed by atoms with E-state index in [2.05, 4.69) is 30.3 Å². The summed E-state index contributed by atoms with van der Waals surface area (Å²) in [7, 11) is 0. The van der Waals surface area contributed by atoms with E-state index in [1.54, 1.807) is 0 Å². The highest BCUT2D eigenvalue weighted by molar-refractivity contribution is 5.26. The Morgan fingerprint density at radius 1 is 0.842 bits per heavy atom. The van der Waals surface area contributed by atoms with Crippen molar-refractivity contribution in [3.05, 3.63) is 35.9 Å². The van der Waals surface area contributed by atoms with E-state index in [0.717, 1.165) is 5.92 Å². The average molecular weight is 257 g/mol. The molecule has 0 heterocycles. The zero-order chi connectivity index (χ0) is 13.1. The van der Waals surface area contributed by atoms with Crippen molar-refractivity contribution in [2.75, 3.05) is 0 Å². The van der Waals surface area contributed by atoms with Gasteiger partial charge in [0.15, 0.2) is 0 Å². The zero-order valence-electron chi connectivity index (χ0n) is 12.0. The van der Waals surface area contributed by atoms with Crippen LogP contribution in [0.25, 0.3) is 0 Å². The predicted molar refractivity (Wildman–Crippen MR) is 80.8 cm³/mol. The van der Waals surface area contributed by atoms with E-state index in [1.165, 1.54) is 63.4 Å². The lowest BCUT2D eigenvalue weighted by molar-refractivity contribution is 0.0986. The van der Waals surface area contributed by atoms with Crippen LogP contribution in [0.4, 0.5) is 0 Å². The first-order valence-corrected chi connectivity index (χ1v) is 8.15. The molecule has 2 aliphatic rings. The highest BCUT2D eigenvalue weighted by atomic mass is 14.8. The summed E-state index contributed by atoms with van der Waals surface area (Å²) >= 11 is 0. The molecule has 1 heteroatoms. The molecule has 0 spiro atoms. The molecule has 104 valence electrons. The second kappa shape index (κ2) is 5.66. The number of benzene rings is 1. The number of nitrogens with two attached hydrogens (primary N) is 1. The molecule has 0 saturated heterocycles. The Balaban J connectivity index is 1.87. The Morgan fingerprint density at radius 2 is 1.53 bits per heavy atom. The summed E-state index contributed by atoms with van der Waals surface area (Å²) in [6, 6.07) is 10.9. The lowest BCUT2D eigenvalue weighted by atomic mass is 9.62. The monoisotopic (exact) mass is 257 g/mol. The van der Waals surface area contributed by atoms with Gasteiger partial charge < -0.3 is 5.73 Å². The standard InChI is InChI=1S/C18H27N/c19-18(16-11-5-2-6-12-16)14-8-7-13-17(18)15-9-3-1-4-10-15/h2,5-6,11-12,15,17H,1,3-4,7-10,13-14,19H2. The normalized spacial score (nSPS) is 33.2. The van der Waals surface area contributed by atoms with Gasteiger partial charge in [0.1, 0.15) is 0 Å². The van der Waals surface area contributed by atoms with Gasteiger partial charge in [-0.15, -0.1) is 0 Å². The van der Waals surface area contributed by atoms with Gasteiger partial charge in [0.05, 0.1) is 0 Å². The summed E-state index contributed by atoms with van der Waals surface area (Å²) in [5, 5.41) is 0. The number of rotatable bonds is 2. The van der Waals surface area contributed by atoms with Crippen LogP contribution < -0.4 is 5.73 Å². The van der Waals surface area contributed by atoms with Crippen LogP contribution in [0.3, 0.4) is 0 Å². The summed E-state index contributed by atoms with van der Waals surface area (Å²) in [5.74, 6) is 1.59. The van der Waals surface area contributed by atoms with Crippen LogP contribution in [-0.2, 0) is 5.54 Å². The second-order valence-electron chi connectivity index (χ2n) is 6.66. The Morgan fingerprint density at radius 3 is 2.26 bits per heavy atom. The molecule has 0 amide bonds. The Bertz CT molecular complexity index is 393. The van der Waals surface area contributed by atoms with Gasteiger partial charge in [-0.3, -0.25) is 0 Å². The minimum Gasteiger partial charge on any atom is -0.321 e. The van der Waals surface area contributed by atoms with Gasteiger partial charge in [-0.25, -0.2) is 0 Å². The van der Waals surface area contributed by atoms with Crippen molar-refractivity contribution >= 4 is 0 Å². The third-order valence-corrected chi connectivity index (χ3v) is 5.55. The van der Waals surface area contributed by atoms with Gasteiger partial charge in [-0.05, 0) is 30.2 Å². The van der Waals surface area contributed by atoms with E-state index in [9.17, 15) is 0 Å². The van der Waals surface area contributed by atoms with Crippen molar-refractivity contribution in [2.24, 2.45) is 17.6 Å². The van der Waals surface area contributed by atoms with Crippen molar-refractivity contribution in [2.45, 2.75) is 63.3 Å². The second-order valence-corrected chi connectivity index (χ2v) is 6.66. The van der Waals surface area contributed by atoms with E-state index < -0.39 is 0 Å². The van der Waals surface area contributed by atoms with Crippen molar-refractivity contribution in [3.8, 4) is 0 Å². The van der Waals surface area contributed by atoms with Gasteiger partial charge in [0, 0.05) is 5.54 Å².